The van der Waals surface area contributed by atoms with Gasteiger partial charge in [-0.15, -0.1) is 11.8 Å². The third-order valence-electron chi connectivity index (χ3n) is 4.96. The van der Waals surface area contributed by atoms with E-state index in [1.54, 1.807) is 28.9 Å². The second kappa shape index (κ2) is 10.1. The Balaban J connectivity index is 1.28. The quantitative estimate of drug-likeness (QED) is 0.417. The third-order valence-corrected chi connectivity index (χ3v) is 6.04. The summed E-state index contributed by atoms with van der Waals surface area (Å²) in [4.78, 5) is 31.1. The van der Waals surface area contributed by atoms with Gasteiger partial charge in [0.05, 0.1) is 0 Å². The Morgan fingerprint density at radius 3 is 2.58 bits per heavy atom. The Bertz CT molecular complexity index is 1060. The first kappa shape index (κ1) is 20.9. The lowest BCUT2D eigenvalue weighted by Crippen LogP contribution is -2.23. The normalized spacial score (nSPS) is 13.7. The minimum Gasteiger partial charge on any atom is -0.323 e. The molecule has 5 nitrogen and oxygen atoms in total. The van der Waals surface area contributed by atoms with Gasteiger partial charge in [0.25, 0.3) is 0 Å². The molecule has 1 aliphatic rings. The Hall–Kier alpha value is -3.38. The maximum absolute atomic E-state index is 12.2. The molecule has 6 heteroatoms. The molecule has 0 atom stereocenters. The van der Waals surface area contributed by atoms with Gasteiger partial charge >= 0.3 is 0 Å². The molecule has 1 saturated heterocycles. The molecule has 4 rings (SSSR count). The van der Waals surface area contributed by atoms with Gasteiger partial charge in [0.1, 0.15) is 0 Å². The van der Waals surface area contributed by atoms with E-state index >= 15 is 0 Å². The molecule has 1 fully saturated rings. The molecule has 0 spiro atoms. The van der Waals surface area contributed by atoms with Gasteiger partial charge < -0.3 is 10.2 Å². The van der Waals surface area contributed by atoms with Crippen LogP contribution in [0.25, 0.3) is 6.08 Å². The molecule has 3 aromatic rings. The second-order valence-electron chi connectivity index (χ2n) is 7.24. The fourth-order valence-electron chi connectivity index (χ4n) is 3.33. The Kier molecular flexibility index (Phi) is 6.79. The van der Waals surface area contributed by atoms with Crippen LogP contribution in [0.5, 0.6) is 0 Å². The standard InChI is InChI=1S/C25H23N3O2S/c29-24(14-7-19-5-10-22(11-6-19)28-16-2-4-25(28)30)27-21-8-12-23(13-9-21)31-18-20-3-1-15-26-17-20/h1,3,5-15,17H,2,4,16,18H2,(H,27,29)/b14-7+. The predicted octanol–water partition coefficient (Wildman–Crippen LogP) is 5.15. The lowest BCUT2D eigenvalue weighted by Gasteiger charge is -2.15. The number of aromatic nitrogens is 1. The first-order chi connectivity index (χ1) is 15.2. The van der Waals surface area contributed by atoms with Gasteiger partial charge in [-0.2, -0.15) is 0 Å². The van der Waals surface area contributed by atoms with Crippen LogP contribution in [0.2, 0.25) is 0 Å². The highest BCUT2D eigenvalue weighted by atomic mass is 32.2. The van der Waals surface area contributed by atoms with E-state index in [1.807, 2.05) is 60.8 Å². The predicted molar refractivity (Wildman–Crippen MR) is 126 cm³/mol. The fraction of sp³-hybridized carbons (Fsp3) is 0.160. The number of amides is 2. The fourth-order valence-corrected chi connectivity index (χ4v) is 4.16. The number of carbonyl (C=O) groups excluding carboxylic acids is 2. The van der Waals surface area contributed by atoms with Crippen molar-refractivity contribution in [2.24, 2.45) is 0 Å². The van der Waals surface area contributed by atoms with E-state index in [0.29, 0.717) is 6.42 Å². The monoisotopic (exact) mass is 429 g/mol. The van der Waals surface area contributed by atoms with Gasteiger partial charge in [-0.1, -0.05) is 18.2 Å². The molecule has 0 aliphatic carbocycles. The van der Waals surface area contributed by atoms with Gasteiger partial charge in [-0.05, 0) is 66.1 Å². The number of nitrogens with one attached hydrogen (secondary N) is 1. The highest BCUT2D eigenvalue weighted by Gasteiger charge is 2.21. The van der Waals surface area contributed by atoms with E-state index in [1.165, 1.54) is 11.6 Å². The zero-order valence-corrected chi connectivity index (χ0v) is 17.8. The maximum Gasteiger partial charge on any atom is 0.248 e. The zero-order valence-electron chi connectivity index (χ0n) is 17.0. The number of benzene rings is 2. The molecule has 0 bridgehead atoms. The number of pyridine rings is 1. The second-order valence-corrected chi connectivity index (χ2v) is 8.29. The number of nitrogens with zero attached hydrogens (tertiary/aromatic N) is 2. The summed E-state index contributed by atoms with van der Waals surface area (Å²) in [6.45, 7) is 0.775. The average Bonchev–Trinajstić information content (AvgIpc) is 3.24. The summed E-state index contributed by atoms with van der Waals surface area (Å²) in [6, 6.07) is 19.5. The third kappa shape index (κ3) is 5.83. The van der Waals surface area contributed by atoms with Crippen molar-refractivity contribution in [2.45, 2.75) is 23.5 Å². The summed E-state index contributed by atoms with van der Waals surface area (Å²) < 4.78 is 0. The molecule has 2 heterocycles. The molecule has 2 amide bonds. The van der Waals surface area contributed by atoms with Gasteiger partial charge in [-0.25, -0.2) is 0 Å². The molecule has 0 saturated carbocycles. The molecular weight excluding hydrogens is 406 g/mol. The molecule has 1 aromatic heterocycles. The number of anilines is 2. The van der Waals surface area contributed by atoms with Crippen molar-refractivity contribution >= 4 is 41.0 Å². The largest absolute Gasteiger partial charge is 0.323 e. The molecule has 1 aliphatic heterocycles. The van der Waals surface area contributed by atoms with Gasteiger partial charge in [0.15, 0.2) is 0 Å². The molecule has 156 valence electrons. The van der Waals surface area contributed by atoms with Crippen LogP contribution >= 0.6 is 11.8 Å². The average molecular weight is 430 g/mol. The highest BCUT2D eigenvalue weighted by molar-refractivity contribution is 7.98. The van der Waals surface area contributed by atoms with E-state index < -0.39 is 0 Å². The van der Waals surface area contributed by atoms with Crippen LogP contribution in [0.1, 0.15) is 24.0 Å². The molecule has 31 heavy (non-hydrogen) atoms. The summed E-state index contributed by atoms with van der Waals surface area (Å²) in [5.41, 5.74) is 3.75. The van der Waals surface area contributed by atoms with E-state index in [2.05, 4.69) is 16.4 Å². The van der Waals surface area contributed by atoms with Crippen molar-refractivity contribution in [3.8, 4) is 0 Å². The van der Waals surface area contributed by atoms with E-state index in [4.69, 9.17) is 0 Å². The molecule has 0 unspecified atom stereocenters. The van der Waals surface area contributed by atoms with Crippen molar-refractivity contribution in [1.82, 2.24) is 4.98 Å². The number of hydrogen-bond donors (Lipinski definition) is 1. The number of thioether (sulfide) groups is 1. The van der Waals surface area contributed by atoms with Crippen LogP contribution in [0.15, 0.2) is 84.0 Å². The van der Waals surface area contributed by atoms with E-state index in [-0.39, 0.29) is 11.8 Å². The van der Waals surface area contributed by atoms with Crippen LogP contribution in [0.4, 0.5) is 11.4 Å². The number of carbonyl (C=O) groups is 2. The van der Waals surface area contributed by atoms with Crippen molar-refractivity contribution in [3.63, 3.8) is 0 Å². The van der Waals surface area contributed by atoms with Gasteiger partial charge in [0, 0.05) is 53.5 Å². The minimum atomic E-state index is -0.186. The van der Waals surface area contributed by atoms with Crippen LogP contribution in [0.3, 0.4) is 0 Å². The summed E-state index contributed by atoms with van der Waals surface area (Å²) >= 11 is 1.73. The molecular formula is C25H23N3O2S. The van der Waals surface area contributed by atoms with Crippen LogP contribution in [-0.2, 0) is 15.3 Å². The lowest BCUT2D eigenvalue weighted by atomic mass is 10.2. The van der Waals surface area contributed by atoms with E-state index in [9.17, 15) is 9.59 Å². The molecule has 2 aromatic carbocycles. The summed E-state index contributed by atoms with van der Waals surface area (Å²) in [6.07, 6.45) is 8.44. The van der Waals surface area contributed by atoms with Crippen molar-refractivity contribution in [1.29, 1.82) is 0 Å². The van der Waals surface area contributed by atoms with Gasteiger partial charge in [0.2, 0.25) is 11.8 Å². The summed E-state index contributed by atoms with van der Waals surface area (Å²) in [5, 5.41) is 2.88. The van der Waals surface area contributed by atoms with Crippen molar-refractivity contribution in [2.75, 3.05) is 16.8 Å². The Labute approximate surface area is 186 Å². The summed E-state index contributed by atoms with van der Waals surface area (Å²) in [7, 11) is 0. The minimum absolute atomic E-state index is 0.171. The number of hydrogen-bond acceptors (Lipinski definition) is 4. The lowest BCUT2D eigenvalue weighted by molar-refractivity contribution is -0.117. The highest BCUT2D eigenvalue weighted by Crippen LogP contribution is 2.24. The first-order valence-electron chi connectivity index (χ1n) is 10.2. The SMILES string of the molecule is O=C(/C=C/c1ccc(N2CCCC2=O)cc1)Nc1ccc(SCc2cccnc2)cc1. The Morgan fingerprint density at radius 1 is 1.10 bits per heavy atom. The number of rotatable bonds is 7. The maximum atomic E-state index is 12.2. The van der Waals surface area contributed by atoms with Crippen LogP contribution < -0.4 is 10.2 Å². The van der Waals surface area contributed by atoms with Crippen molar-refractivity contribution < 1.29 is 9.59 Å². The Morgan fingerprint density at radius 2 is 1.90 bits per heavy atom. The van der Waals surface area contributed by atoms with Crippen LogP contribution in [0, 0.1) is 0 Å². The van der Waals surface area contributed by atoms with Crippen LogP contribution in [-0.4, -0.2) is 23.3 Å². The summed E-state index contributed by atoms with van der Waals surface area (Å²) in [5.74, 6) is 0.839. The first-order valence-corrected chi connectivity index (χ1v) is 11.2. The topological polar surface area (TPSA) is 62.3 Å². The molecule has 1 N–H and O–H groups in total. The van der Waals surface area contributed by atoms with E-state index in [0.717, 1.165) is 40.6 Å². The zero-order chi connectivity index (χ0) is 21.5. The smallest absolute Gasteiger partial charge is 0.248 e. The van der Waals surface area contributed by atoms with Gasteiger partial charge in [-0.3, -0.25) is 14.6 Å². The van der Waals surface area contributed by atoms with Crippen molar-refractivity contribution in [3.05, 3.63) is 90.3 Å². The molecule has 0 radical (unpaired) electrons.